The van der Waals surface area contributed by atoms with Crippen LogP contribution in [0, 0.1) is 11.8 Å². The van der Waals surface area contributed by atoms with E-state index >= 15 is 0 Å². The van der Waals surface area contributed by atoms with Crippen molar-refractivity contribution in [1.29, 1.82) is 0 Å². The number of nitrogens with one attached hydrogen (secondary N) is 1. The number of hydrogen-bond donors (Lipinski definition) is 2. The Balaban J connectivity index is 1.59. The Morgan fingerprint density at radius 1 is 1.08 bits per heavy atom. The van der Waals surface area contributed by atoms with E-state index in [1.807, 2.05) is 0 Å². The van der Waals surface area contributed by atoms with Crippen LogP contribution in [0.3, 0.4) is 0 Å². The zero-order valence-electron chi connectivity index (χ0n) is 16.0. The first-order chi connectivity index (χ1) is 12.2. The fourth-order valence-electron chi connectivity index (χ4n) is 4.30. The Kier molecular flexibility index (Phi) is 6.74. The molecular formula is C21H35N3O. The van der Waals surface area contributed by atoms with Gasteiger partial charge in [-0.2, -0.15) is 0 Å². The number of aliphatic hydroxyl groups is 1. The van der Waals surface area contributed by atoms with Gasteiger partial charge < -0.3 is 15.3 Å². The number of para-hydroxylation sites is 1. The van der Waals surface area contributed by atoms with E-state index in [2.05, 4.69) is 53.2 Å². The second-order valence-corrected chi connectivity index (χ2v) is 7.97. The smallest absolute Gasteiger partial charge is 0.0460 e. The molecule has 0 radical (unpaired) electrons. The average molecular weight is 346 g/mol. The van der Waals surface area contributed by atoms with E-state index in [-0.39, 0.29) is 0 Å². The van der Waals surface area contributed by atoms with Gasteiger partial charge >= 0.3 is 0 Å². The predicted molar refractivity (Wildman–Crippen MR) is 105 cm³/mol. The maximum Gasteiger partial charge on any atom is 0.0460 e. The quantitative estimate of drug-likeness (QED) is 0.831. The first kappa shape index (κ1) is 18.7. The fraction of sp³-hybridized carbons (Fsp3) is 0.714. The van der Waals surface area contributed by atoms with Crippen molar-refractivity contribution in [3.05, 3.63) is 29.8 Å². The molecule has 1 aromatic rings. The molecule has 2 atom stereocenters. The first-order valence-electron chi connectivity index (χ1n) is 10.1. The van der Waals surface area contributed by atoms with Crippen LogP contribution >= 0.6 is 0 Å². The van der Waals surface area contributed by atoms with Crippen LogP contribution in [-0.4, -0.2) is 60.3 Å². The van der Waals surface area contributed by atoms with E-state index < -0.39 is 0 Å². The van der Waals surface area contributed by atoms with Gasteiger partial charge in [0, 0.05) is 38.0 Å². The maximum absolute atomic E-state index is 9.32. The summed E-state index contributed by atoms with van der Waals surface area (Å²) in [7, 11) is 0. The van der Waals surface area contributed by atoms with Crippen LogP contribution in [0.2, 0.25) is 0 Å². The van der Waals surface area contributed by atoms with Crippen molar-refractivity contribution in [1.82, 2.24) is 9.80 Å². The minimum absolute atomic E-state index is 0.348. The van der Waals surface area contributed by atoms with E-state index in [9.17, 15) is 5.11 Å². The molecule has 0 aliphatic carbocycles. The maximum atomic E-state index is 9.32. The summed E-state index contributed by atoms with van der Waals surface area (Å²) < 4.78 is 0. The van der Waals surface area contributed by atoms with Crippen molar-refractivity contribution in [3.8, 4) is 0 Å². The molecule has 2 aliphatic rings. The van der Waals surface area contributed by atoms with Gasteiger partial charge in [-0.25, -0.2) is 0 Å². The van der Waals surface area contributed by atoms with E-state index in [4.69, 9.17) is 0 Å². The highest BCUT2D eigenvalue weighted by atomic mass is 16.3. The molecule has 0 bridgehead atoms. The molecule has 2 aliphatic heterocycles. The lowest BCUT2D eigenvalue weighted by atomic mass is 9.93. The number of aliphatic hydroxyl groups excluding tert-OH is 1. The fourth-order valence-corrected chi connectivity index (χ4v) is 4.30. The summed E-state index contributed by atoms with van der Waals surface area (Å²) in [6, 6.07) is 9.39. The van der Waals surface area contributed by atoms with E-state index in [0.29, 0.717) is 24.5 Å². The third kappa shape index (κ3) is 4.96. The predicted octanol–water partition coefficient (Wildman–Crippen LogP) is 3.03. The molecule has 3 rings (SSSR count). The number of piperidine rings is 2. The first-order valence-corrected chi connectivity index (χ1v) is 10.1. The molecule has 0 saturated carbocycles. The Hall–Kier alpha value is -1.10. The normalized spacial score (nSPS) is 26.7. The second kappa shape index (κ2) is 9.02. The van der Waals surface area contributed by atoms with Crippen molar-refractivity contribution >= 4 is 5.69 Å². The summed E-state index contributed by atoms with van der Waals surface area (Å²) in [6.45, 7) is 11.8. The highest BCUT2D eigenvalue weighted by Crippen LogP contribution is 2.26. The molecule has 1 aromatic carbocycles. The molecule has 4 heteroatoms. The Morgan fingerprint density at radius 3 is 2.48 bits per heavy atom. The third-order valence-corrected chi connectivity index (χ3v) is 6.15. The summed E-state index contributed by atoms with van der Waals surface area (Å²) in [4.78, 5) is 5.09. The molecular weight excluding hydrogens is 310 g/mol. The van der Waals surface area contributed by atoms with Gasteiger partial charge in [0.05, 0.1) is 0 Å². The van der Waals surface area contributed by atoms with Crippen LogP contribution in [0.5, 0.6) is 0 Å². The summed E-state index contributed by atoms with van der Waals surface area (Å²) in [5.74, 6) is 1.19. The van der Waals surface area contributed by atoms with Gasteiger partial charge in [0.2, 0.25) is 0 Å². The number of benzene rings is 1. The number of nitrogens with zero attached hydrogens (tertiary/aromatic N) is 2. The summed E-state index contributed by atoms with van der Waals surface area (Å²) >= 11 is 0. The zero-order chi connectivity index (χ0) is 17.6. The molecule has 2 fully saturated rings. The number of likely N-dealkylation sites (tertiary alicyclic amines) is 2. The molecule has 140 valence electrons. The Morgan fingerprint density at radius 2 is 1.80 bits per heavy atom. The monoisotopic (exact) mass is 345 g/mol. The van der Waals surface area contributed by atoms with E-state index in [0.717, 1.165) is 39.0 Å². The van der Waals surface area contributed by atoms with Crippen LogP contribution in [0.25, 0.3) is 0 Å². The minimum atomic E-state index is 0.348. The van der Waals surface area contributed by atoms with Gasteiger partial charge in [-0.3, -0.25) is 4.90 Å². The molecule has 0 spiro atoms. The van der Waals surface area contributed by atoms with Crippen LogP contribution in [0.4, 0.5) is 5.69 Å². The van der Waals surface area contributed by atoms with Gasteiger partial charge in [-0.15, -0.1) is 0 Å². The van der Waals surface area contributed by atoms with Gasteiger partial charge in [0.15, 0.2) is 0 Å². The Labute approximate surface area is 153 Å². The van der Waals surface area contributed by atoms with Gasteiger partial charge in [-0.1, -0.05) is 32.0 Å². The summed E-state index contributed by atoms with van der Waals surface area (Å²) in [5, 5.41) is 13.2. The van der Waals surface area contributed by atoms with Crippen molar-refractivity contribution in [2.75, 3.05) is 44.6 Å². The van der Waals surface area contributed by atoms with Crippen LogP contribution in [0.1, 0.15) is 38.7 Å². The van der Waals surface area contributed by atoms with Gasteiger partial charge in [0.1, 0.15) is 0 Å². The molecule has 25 heavy (non-hydrogen) atoms. The molecule has 4 nitrogen and oxygen atoms in total. The van der Waals surface area contributed by atoms with Crippen molar-refractivity contribution < 1.29 is 5.11 Å². The molecule has 0 aromatic heterocycles. The standard InChI is InChI=1S/C21H35N3O/c1-3-23-13-10-20(17(2)14-23)22-21-7-5-4-6-19(21)15-24-11-8-18(16-25)9-12-24/h4-7,17-18,20,22,25H,3,8-16H2,1-2H3/t17-,20+/m0/s1. The third-order valence-electron chi connectivity index (χ3n) is 6.15. The summed E-state index contributed by atoms with van der Waals surface area (Å²) in [5.41, 5.74) is 2.73. The molecule has 0 amide bonds. The lowest BCUT2D eigenvalue weighted by Crippen LogP contribution is -2.45. The average Bonchev–Trinajstić information content (AvgIpc) is 2.65. The van der Waals surface area contributed by atoms with Crippen molar-refractivity contribution in [2.45, 2.75) is 45.7 Å². The van der Waals surface area contributed by atoms with Gasteiger partial charge in [0.25, 0.3) is 0 Å². The largest absolute Gasteiger partial charge is 0.396 e. The number of anilines is 1. The molecule has 0 unspecified atom stereocenters. The lowest BCUT2D eigenvalue weighted by Gasteiger charge is -2.38. The van der Waals surface area contributed by atoms with Gasteiger partial charge in [-0.05, 0) is 62.4 Å². The minimum Gasteiger partial charge on any atom is -0.396 e. The second-order valence-electron chi connectivity index (χ2n) is 7.97. The van der Waals surface area contributed by atoms with Crippen LogP contribution in [0.15, 0.2) is 24.3 Å². The SMILES string of the molecule is CCN1CC[C@@H](Nc2ccccc2CN2CCC(CO)CC2)[C@@H](C)C1. The van der Waals surface area contributed by atoms with Crippen LogP contribution < -0.4 is 5.32 Å². The Bertz CT molecular complexity index is 528. The molecule has 2 N–H and O–H groups in total. The molecule has 2 heterocycles. The molecule has 2 saturated heterocycles. The number of hydrogen-bond acceptors (Lipinski definition) is 4. The topological polar surface area (TPSA) is 38.7 Å². The van der Waals surface area contributed by atoms with Crippen molar-refractivity contribution in [3.63, 3.8) is 0 Å². The van der Waals surface area contributed by atoms with E-state index in [1.54, 1.807) is 0 Å². The highest BCUT2D eigenvalue weighted by Gasteiger charge is 2.26. The van der Waals surface area contributed by atoms with Crippen LogP contribution in [-0.2, 0) is 6.54 Å². The van der Waals surface area contributed by atoms with E-state index in [1.165, 1.54) is 30.8 Å². The zero-order valence-corrected chi connectivity index (χ0v) is 16.0. The highest BCUT2D eigenvalue weighted by molar-refractivity contribution is 5.52. The summed E-state index contributed by atoms with van der Waals surface area (Å²) in [6.07, 6.45) is 3.47. The number of rotatable bonds is 6. The lowest BCUT2D eigenvalue weighted by molar-refractivity contribution is 0.127. The van der Waals surface area contributed by atoms with Crippen molar-refractivity contribution in [2.24, 2.45) is 11.8 Å².